The van der Waals surface area contributed by atoms with Crippen molar-refractivity contribution < 1.29 is 38.5 Å². The number of carbonyl (C=O) groups is 4. The summed E-state index contributed by atoms with van der Waals surface area (Å²) in [4.78, 5) is 51.0. The lowest BCUT2D eigenvalue weighted by Crippen LogP contribution is -2.47. The molecule has 1 rings (SSSR count). The van der Waals surface area contributed by atoms with Crippen LogP contribution in [0.5, 0.6) is 0 Å². The van der Waals surface area contributed by atoms with Crippen molar-refractivity contribution in [3.63, 3.8) is 0 Å². The normalized spacial score (nSPS) is 21.3. The fourth-order valence-electron chi connectivity index (χ4n) is 2.86. The van der Waals surface area contributed by atoms with Gasteiger partial charge >= 0.3 is 18.0 Å². The first kappa shape index (κ1) is 25.9. The third-order valence-corrected chi connectivity index (χ3v) is 3.86. The zero-order valence-electron chi connectivity index (χ0n) is 19.4. The fourth-order valence-corrected chi connectivity index (χ4v) is 2.86. The lowest BCUT2D eigenvalue weighted by Gasteiger charge is -2.28. The highest BCUT2D eigenvalue weighted by Crippen LogP contribution is 2.32. The Balaban J connectivity index is 3.06. The summed E-state index contributed by atoms with van der Waals surface area (Å²) < 4.78 is 15.8. The molecule has 1 aliphatic rings. The Morgan fingerprint density at radius 3 is 1.83 bits per heavy atom. The molecule has 0 bridgehead atoms. The Labute approximate surface area is 178 Å². The van der Waals surface area contributed by atoms with Gasteiger partial charge in [0.25, 0.3) is 0 Å². The molecule has 1 N–H and O–H groups in total. The molecule has 0 aromatic heterocycles. The largest absolute Gasteiger partial charge is 0.458 e. The second-order valence-electron chi connectivity index (χ2n) is 10.5. The minimum Gasteiger partial charge on any atom is -0.458 e. The number of aliphatic hydroxyl groups excluding tert-OH is 1. The number of nitrogens with zero attached hydrogens (tertiary/aromatic N) is 1. The van der Waals surface area contributed by atoms with Crippen molar-refractivity contribution in [2.45, 2.75) is 104 Å². The SMILES string of the molecule is CC(C)(C)OC(=O)C(O)CC1C[C@@H](C(=O)OC(C)(C)C)N(C(=O)OC(C)(C)C)C1=O. The minimum atomic E-state index is -1.57. The highest BCUT2D eigenvalue weighted by molar-refractivity contribution is 6.01. The van der Waals surface area contributed by atoms with E-state index < -0.39 is 58.8 Å². The number of imide groups is 1. The number of aliphatic hydroxyl groups is 1. The summed E-state index contributed by atoms with van der Waals surface area (Å²) in [6, 6.07) is -1.21. The summed E-state index contributed by atoms with van der Waals surface area (Å²) in [5.74, 6) is -3.28. The van der Waals surface area contributed by atoms with E-state index in [4.69, 9.17) is 14.2 Å². The van der Waals surface area contributed by atoms with Gasteiger partial charge in [-0.2, -0.15) is 0 Å². The van der Waals surface area contributed by atoms with Crippen LogP contribution in [0.15, 0.2) is 0 Å². The Kier molecular flexibility index (Phi) is 7.69. The van der Waals surface area contributed by atoms with E-state index in [0.29, 0.717) is 0 Å². The molecule has 9 nitrogen and oxygen atoms in total. The number of ether oxygens (including phenoxy) is 3. The van der Waals surface area contributed by atoms with Crippen LogP contribution in [0, 0.1) is 5.92 Å². The molecule has 1 saturated heterocycles. The molecular formula is C21H35NO8. The molecule has 1 aliphatic heterocycles. The molecule has 0 aromatic carbocycles. The fraction of sp³-hybridized carbons (Fsp3) is 0.810. The molecule has 0 saturated carbocycles. The Morgan fingerprint density at radius 2 is 1.40 bits per heavy atom. The lowest BCUT2D eigenvalue weighted by molar-refractivity contribution is -0.166. The first-order chi connectivity index (χ1) is 13.3. The molecule has 3 atom stereocenters. The molecule has 2 unspecified atom stereocenters. The molecule has 9 heteroatoms. The molecule has 30 heavy (non-hydrogen) atoms. The van der Waals surface area contributed by atoms with Gasteiger partial charge in [-0.25, -0.2) is 19.3 Å². The maximum atomic E-state index is 12.9. The summed E-state index contributed by atoms with van der Waals surface area (Å²) in [7, 11) is 0. The minimum absolute atomic E-state index is 0.0904. The van der Waals surface area contributed by atoms with Crippen LogP contribution in [0.1, 0.15) is 75.2 Å². The maximum absolute atomic E-state index is 12.9. The summed E-state index contributed by atoms with van der Waals surface area (Å²) in [6.07, 6.45) is -2.92. The molecule has 172 valence electrons. The zero-order chi connectivity index (χ0) is 23.7. The molecule has 2 amide bonds. The van der Waals surface area contributed by atoms with Gasteiger partial charge in [0, 0.05) is 5.92 Å². The van der Waals surface area contributed by atoms with E-state index in [1.807, 2.05) is 0 Å². The van der Waals surface area contributed by atoms with Crippen LogP contribution in [0.2, 0.25) is 0 Å². The van der Waals surface area contributed by atoms with Crippen molar-refractivity contribution in [1.82, 2.24) is 4.90 Å². The van der Waals surface area contributed by atoms with E-state index in [9.17, 15) is 24.3 Å². The first-order valence-corrected chi connectivity index (χ1v) is 10.0. The summed E-state index contributed by atoms with van der Waals surface area (Å²) in [5, 5.41) is 10.2. The van der Waals surface area contributed by atoms with E-state index in [1.165, 1.54) is 0 Å². The smallest absolute Gasteiger partial charge is 0.417 e. The average Bonchev–Trinajstić information content (AvgIpc) is 2.79. The second kappa shape index (κ2) is 8.91. The Hall–Kier alpha value is -2.16. The van der Waals surface area contributed by atoms with Gasteiger partial charge in [-0.05, 0) is 75.2 Å². The molecular weight excluding hydrogens is 394 g/mol. The number of hydrogen-bond donors (Lipinski definition) is 1. The number of likely N-dealkylation sites (tertiary alicyclic amines) is 1. The van der Waals surface area contributed by atoms with Gasteiger partial charge in [0.05, 0.1) is 0 Å². The molecule has 0 aromatic rings. The molecule has 1 heterocycles. The van der Waals surface area contributed by atoms with Crippen molar-refractivity contribution >= 4 is 23.9 Å². The number of rotatable bonds is 4. The highest BCUT2D eigenvalue weighted by Gasteiger charge is 2.50. The number of hydrogen-bond acceptors (Lipinski definition) is 8. The quantitative estimate of drug-likeness (QED) is 0.535. The van der Waals surface area contributed by atoms with Gasteiger partial charge in [-0.15, -0.1) is 0 Å². The molecule has 0 spiro atoms. The number of esters is 2. The standard InChI is InChI=1S/C21H35NO8/c1-19(2,3)28-16(25)13-10-12(11-14(23)17(26)29-20(4,5)6)15(24)22(13)18(27)30-21(7,8)9/h12-14,23H,10-11H2,1-9H3/t12?,13-,14?/m0/s1. The van der Waals surface area contributed by atoms with Crippen LogP contribution in [-0.4, -0.2) is 62.9 Å². The summed E-state index contributed by atoms with van der Waals surface area (Å²) in [6.45, 7) is 14.9. The van der Waals surface area contributed by atoms with Crippen molar-refractivity contribution in [2.24, 2.45) is 5.92 Å². The molecule has 0 radical (unpaired) electrons. The van der Waals surface area contributed by atoms with Crippen molar-refractivity contribution in [3.05, 3.63) is 0 Å². The van der Waals surface area contributed by atoms with E-state index in [1.54, 1.807) is 62.3 Å². The van der Waals surface area contributed by atoms with Gasteiger partial charge in [0.2, 0.25) is 5.91 Å². The monoisotopic (exact) mass is 429 g/mol. The van der Waals surface area contributed by atoms with Crippen molar-refractivity contribution in [3.8, 4) is 0 Å². The van der Waals surface area contributed by atoms with E-state index in [2.05, 4.69) is 0 Å². The Bertz CT molecular complexity index is 681. The molecule has 0 aliphatic carbocycles. The van der Waals surface area contributed by atoms with Gasteiger partial charge in [-0.3, -0.25) is 4.79 Å². The average molecular weight is 430 g/mol. The van der Waals surface area contributed by atoms with E-state index >= 15 is 0 Å². The molecule has 1 fully saturated rings. The zero-order valence-corrected chi connectivity index (χ0v) is 19.4. The van der Waals surface area contributed by atoms with Gasteiger partial charge in [0.1, 0.15) is 22.8 Å². The summed E-state index contributed by atoms with van der Waals surface area (Å²) >= 11 is 0. The Morgan fingerprint density at radius 1 is 0.933 bits per heavy atom. The van der Waals surface area contributed by atoms with Crippen LogP contribution in [0.4, 0.5) is 4.79 Å². The van der Waals surface area contributed by atoms with Gasteiger partial charge < -0.3 is 19.3 Å². The van der Waals surface area contributed by atoms with Crippen molar-refractivity contribution in [2.75, 3.05) is 0 Å². The third kappa shape index (κ3) is 7.93. The van der Waals surface area contributed by atoms with Crippen LogP contribution in [0.3, 0.4) is 0 Å². The predicted octanol–water partition coefficient (Wildman–Crippen LogP) is 2.57. The predicted molar refractivity (Wildman–Crippen MR) is 107 cm³/mol. The highest BCUT2D eigenvalue weighted by atomic mass is 16.6. The van der Waals surface area contributed by atoms with E-state index in [0.717, 1.165) is 4.90 Å². The topological polar surface area (TPSA) is 119 Å². The second-order valence-corrected chi connectivity index (χ2v) is 10.5. The number of amides is 2. The third-order valence-electron chi connectivity index (χ3n) is 3.86. The van der Waals surface area contributed by atoms with Crippen LogP contribution >= 0.6 is 0 Å². The van der Waals surface area contributed by atoms with Crippen LogP contribution < -0.4 is 0 Å². The van der Waals surface area contributed by atoms with Crippen LogP contribution in [-0.2, 0) is 28.6 Å². The lowest BCUT2D eigenvalue weighted by atomic mass is 9.97. The van der Waals surface area contributed by atoms with Crippen LogP contribution in [0.25, 0.3) is 0 Å². The van der Waals surface area contributed by atoms with Gasteiger partial charge in [0.15, 0.2) is 6.10 Å². The van der Waals surface area contributed by atoms with Crippen molar-refractivity contribution in [1.29, 1.82) is 0 Å². The summed E-state index contributed by atoms with van der Waals surface area (Å²) in [5.41, 5.74) is -2.52. The van der Waals surface area contributed by atoms with E-state index in [-0.39, 0.29) is 12.8 Å². The van der Waals surface area contributed by atoms with Gasteiger partial charge in [-0.1, -0.05) is 0 Å². The number of carbonyl (C=O) groups excluding carboxylic acids is 4. The maximum Gasteiger partial charge on any atom is 0.417 e. The first-order valence-electron chi connectivity index (χ1n) is 10.0.